The Morgan fingerprint density at radius 1 is 1.08 bits per heavy atom. The molecule has 0 bridgehead atoms. The van der Waals surface area contributed by atoms with E-state index in [4.69, 9.17) is 4.74 Å². The number of hydrazone groups is 1. The van der Waals surface area contributed by atoms with Crippen molar-refractivity contribution in [2.75, 3.05) is 7.11 Å². The van der Waals surface area contributed by atoms with Gasteiger partial charge in [0.05, 0.1) is 29.9 Å². The van der Waals surface area contributed by atoms with E-state index in [1.807, 2.05) is 42.5 Å². The normalized spacial score (nSPS) is 16.6. The van der Waals surface area contributed by atoms with E-state index >= 15 is 0 Å². The first-order valence-electron chi connectivity index (χ1n) is 8.38. The summed E-state index contributed by atoms with van der Waals surface area (Å²) < 4.78 is 5.21. The molecule has 130 valence electrons. The van der Waals surface area contributed by atoms with Crippen molar-refractivity contribution in [3.05, 3.63) is 66.0 Å². The summed E-state index contributed by atoms with van der Waals surface area (Å²) in [4.78, 5) is 20.8. The van der Waals surface area contributed by atoms with Crippen LogP contribution < -0.4 is 4.74 Å². The van der Waals surface area contributed by atoms with Gasteiger partial charge in [0.25, 0.3) is 0 Å². The van der Waals surface area contributed by atoms with Gasteiger partial charge in [-0.3, -0.25) is 14.8 Å². The number of carbonyl (C=O) groups is 1. The summed E-state index contributed by atoms with van der Waals surface area (Å²) >= 11 is 0. The lowest BCUT2D eigenvalue weighted by Crippen LogP contribution is -2.24. The molecule has 26 heavy (non-hydrogen) atoms. The standard InChI is InChI=1S/C20H18N4O2/c1-13(25)24-20(15-5-8-17-19(11-15)22-10-9-21-17)12-18(23-24)14-3-6-16(26-2)7-4-14/h3-11,20H,12H2,1-2H3/t20-/m0/s1. The Hall–Kier alpha value is -3.28. The van der Waals surface area contributed by atoms with E-state index < -0.39 is 0 Å². The van der Waals surface area contributed by atoms with Crippen LogP contribution in [0.25, 0.3) is 11.0 Å². The lowest BCUT2D eigenvalue weighted by molar-refractivity contribution is -0.130. The van der Waals surface area contributed by atoms with Gasteiger partial charge < -0.3 is 4.74 Å². The van der Waals surface area contributed by atoms with Gasteiger partial charge in [0, 0.05) is 25.7 Å². The number of methoxy groups -OCH3 is 1. The first kappa shape index (κ1) is 16.2. The number of aromatic nitrogens is 2. The van der Waals surface area contributed by atoms with E-state index in [1.165, 1.54) is 6.92 Å². The Morgan fingerprint density at radius 2 is 1.81 bits per heavy atom. The van der Waals surface area contributed by atoms with Crippen molar-refractivity contribution in [2.45, 2.75) is 19.4 Å². The highest BCUT2D eigenvalue weighted by Gasteiger charge is 2.31. The highest BCUT2D eigenvalue weighted by atomic mass is 16.5. The molecule has 0 radical (unpaired) electrons. The molecule has 0 saturated heterocycles. The number of nitrogens with zero attached hydrogens (tertiary/aromatic N) is 4. The summed E-state index contributed by atoms with van der Waals surface area (Å²) in [5.74, 6) is 0.707. The van der Waals surface area contributed by atoms with E-state index in [9.17, 15) is 4.79 Å². The van der Waals surface area contributed by atoms with Crippen LogP contribution in [0.3, 0.4) is 0 Å². The maximum Gasteiger partial charge on any atom is 0.240 e. The highest BCUT2D eigenvalue weighted by molar-refractivity contribution is 6.03. The van der Waals surface area contributed by atoms with E-state index in [-0.39, 0.29) is 11.9 Å². The minimum atomic E-state index is -0.143. The molecule has 1 amide bonds. The van der Waals surface area contributed by atoms with E-state index in [0.29, 0.717) is 6.42 Å². The lowest BCUT2D eigenvalue weighted by atomic mass is 9.98. The monoisotopic (exact) mass is 346 g/mol. The molecule has 0 saturated carbocycles. The molecule has 1 atom stereocenters. The molecule has 2 aromatic carbocycles. The average Bonchev–Trinajstić information content (AvgIpc) is 3.13. The van der Waals surface area contributed by atoms with Gasteiger partial charge >= 0.3 is 0 Å². The van der Waals surface area contributed by atoms with Crippen LogP contribution in [0, 0.1) is 0 Å². The zero-order valence-electron chi connectivity index (χ0n) is 14.6. The van der Waals surface area contributed by atoms with Crippen LogP contribution in [-0.2, 0) is 4.79 Å². The zero-order valence-corrected chi connectivity index (χ0v) is 14.6. The topological polar surface area (TPSA) is 67.7 Å². The zero-order chi connectivity index (χ0) is 18.1. The molecule has 2 heterocycles. The van der Waals surface area contributed by atoms with Gasteiger partial charge in [-0.05, 0) is 47.5 Å². The molecule has 1 aliphatic heterocycles. The van der Waals surface area contributed by atoms with Crippen LogP contribution in [0.2, 0.25) is 0 Å². The molecule has 6 nitrogen and oxygen atoms in total. The Balaban J connectivity index is 1.68. The van der Waals surface area contributed by atoms with Crippen molar-refractivity contribution < 1.29 is 9.53 Å². The number of ether oxygens (including phenoxy) is 1. The summed E-state index contributed by atoms with van der Waals surface area (Å²) in [5, 5.41) is 6.13. The first-order chi connectivity index (χ1) is 12.7. The van der Waals surface area contributed by atoms with Crippen LogP contribution in [0.4, 0.5) is 0 Å². The maximum atomic E-state index is 12.1. The van der Waals surface area contributed by atoms with Gasteiger partial charge in [-0.2, -0.15) is 5.10 Å². The number of amides is 1. The summed E-state index contributed by atoms with van der Waals surface area (Å²) in [7, 11) is 1.64. The second kappa shape index (κ2) is 6.55. The lowest BCUT2D eigenvalue weighted by Gasteiger charge is -2.20. The van der Waals surface area contributed by atoms with Crippen LogP contribution in [0.15, 0.2) is 60.0 Å². The van der Waals surface area contributed by atoms with Crippen molar-refractivity contribution >= 4 is 22.7 Å². The number of benzene rings is 2. The minimum Gasteiger partial charge on any atom is -0.497 e. The SMILES string of the molecule is COc1ccc(C2=NN(C(C)=O)[C@H](c3ccc4nccnc4c3)C2)cc1. The van der Waals surface area contributed by atoms with E-state index in [0.717, 1.165) is 33.6 Å². The number of hydrogen-bond acceptors (Lipinski definition) is 5. The van der Waals surface area contributed by atoms with Crippen molar-refractivity contribution in [3.8, 4) is 5.75 Å². The van der Waals surface area contributed by atoms with E-state index in [1.54, 1.807) is 24.5 Å². The third-order valence-corrected chi connectivity index (χ3v) is 4.53. The number of fused-ring (bicyclic) bond motifs is 1. The van der Waals surface area contributed by atoms with Gasteiger partial charge in [0.2, 0.25) is 5.91 Å². The predicted octanol–water partition coefficient (Wildman–Crippen LogP) is 3.34. The van der Waals surface area contributed by atoms with Crippen molar-refractivity contribution in [1.82, 2.24) is 15.0 Å². The smallest absolute Gasteiger partial charge is 0.240 e. The predicted molar refractivity (Wildman–Crippen MR) is 98.9 cm³/mol. The van der Waals surface area contributed by atoms with Gasteiger partial charge in [-0.15, -0.1) is 0 Å². The van der Waals surface area contributed by atoms with Crippen molar-refractivity contribution in [2.24, 2.45) is 5.10 Å². The molecular formula is C20H18N4O2. The van der Waals surface area contributed by atoms with E-state index in [2.05, 4.69) is 15.1 Å². The second-order valence-corrected chi connectivity index (χ2v) is 6.16. The number of rotatable bonds is 3. The second-order valence-electron chi connectivity index (χ2n) is 6.16. The summed E-state index contributed by atoms with van der Waals surface area (Å²) in [5.41, 5.74) is 4.51. The Morgan fingerprint density at radius 3 is 2.50 bits per heavy atom. The maximum absolute atomic E-state index is 12.1. The summed E-state index contributed by atoms with van der Waals surface area (Å²) in [6.45, 7) is 1.54. The molecule has 0 fully saturated rings. The highest BCUT2D eigenvalue weighted by Crippen LogP contribution is 2.34. The van der Waals surface area contributed by atoms with Crippen LogP contribution in [-0.4, -0.2) is 33.7 Å². The minimum absolute atomic E-state index is 0.0854. The Labute approximate surface area is 151 Å². The molecule has 0 spiro atoms. The molecular weight excluding hydrogens is 328 g/mol. The van der Waals surface area contributed by atoms with Gasteiger partial charge in [0.15, 0.2) is 0 Å². The van der Waals surface area contributed by atoms with Gasteiger partial charge in [0.1, 0.15) is 5.75 Å². The molecule has 0 aliphatic carbocycles. The van der Waals surface area contributed by atoms with Crippen LogP contribution in [0.1, 0.15) is 30.5 Å². The van der Waals surface area contributed by atoms with Crippen LogP contribution in [0.5, 0.6) is 5.75 Å². The van der Waals surface area contributed by atoms with Gasteiger partial charge in [-0.1, -0.05) is 6.07 Å². The summed E-state index contributed by atoms with van der Waals surface area (Å²) in [6, 6.07) is 13.5. The fourth-order valence-corrected chi connectivity index (χ4v) is 3.21. The molecule has 1 aliphatic rings. The first-order valence-corrected chi connectivity index (χ1v) is 8.38. The molecule has 6 heteroatoms. The average molecular weight is 346 g/mol. The number of hydrogen-bond donors (Lipinski definition) is 0. The molecule has 0 N–H and O–H groups in total. The third kappa shape index (κ3) is 2.90. The fraction of sp³-hybridized carbons (Fsp3) is 0.200. The largest absolute Gasteiger partial charge is 0.497 e. The molecule has 1 aromatic heterocycles. The third-order valence-electron chi connectivity index (χ3n) is 4.53. The number of carbonyl (C=O) groups excluding carboxylic acids is 1. The van der Waals surface area contributed by atoms with Crippen LogP contribution >= 0.6 is 0 Å². The Kier molecular flexibility index (Phi) is 4.08. The molecule has 4 rings (SSSR count). The van der Waals surface area contributed by atoms with Crippen molar-refractivity contribution in [1.29, 1.82) is 0 Å². The van der Waals surface area contributed by atoms with Crippen molar-refractivity contribution in [3.63, 3.8) is 0 Å². The molecule has 0 unspecified atom stereocenters. The fourth-order valence-electron chi connectivity index (χ4n) is 3.21. The quantitative estimate of drug-likeness (QED) is 0.729. The Bertz CT molecular complexity index is 998. The summed E-state index contributed by atoms with van der Waals surface area (Å²) in [6.07, 6.45) is 3.99. The molecule has 3 aromatic rings. The van der Waals surface area contributed by atoms with Gasteiger partial charge in [-0.25, -0.2) is 5.01 Å².